The molecule has 19 heavy (non-hydrogen) atoms. The van der Waals surface area contributed by atoms with Crippen LogP contribution in [0.25, 0.3) is 0 Å². The van der Waals surface area contributed by atoms with Gasteiger partial charge in [-0.2, -0.15) is 0 Å². The molecular formula is C14H17NO3S. The molecule has 1 fully saturated rings. The number of hydrogen-bond acceptors (Lipinski definition) is 4. The Kier molecular flexibility index (Phi) is 4.27. The lowest BCUT2D eigenvalue weighted by Gasteiger charge is -2.16. The van der Waals surface area contributed by atoms with Gasteiger partial charge >= 0.3 is 0 Å². The van der Waals surface area contributed by atoms with Gasteiger partial charge in [0, 0.05) is 12.2 Å². The molecule has 1 heterocycles. The second-order valence-electron chi connectivity index (χ2n) is 4.62. The van der Waals surface area contributed by atoms with Gasteiger partial charge in [-0.05, 0) is 37.1 Å². The Labute approximate surface area is 116 Å². The third kappa shape index (κ3) is 2.82. The van der Waals surface area contributed by atoms with Crippen molar-refractivity contribution in [3.8, 4) is 0 Å². The van der Waals surface area contributed by atoms with E-state index in [9.17, 15) is 9.59 Å². The van der Waals surface area contributed by atoms with E-state index in [1.807, 2.05) is 26.0 Å². The number of thioether (sulfide) groups is 1. The van der Waals surface area contributed by atoms with Crippen LogP contribution in [0.4, 0.5) is 5.69 Å². The number of carbonyl (C=O) groups is 2. The van der Waals surface area contributed by atoms with Crippen LogP contribution in [0.15, 0.2) is 18.2 Å². The van der Waals surface area contributed by atoms with Crippen molar-refractivity contribution in [3.63, 3.8) is 0 Å². The van der Waals surface area contributed by atoms with Gasteiger partial charge in [0.25, 0.3) is 0 Å². The molecule has 0 aromatic heterocycles. The summed E-state index contributed by atoms with van der Waals surface area (Å²) in [4.78, 5) is 25.5. The fraction of sp³-hybridized carbons (Fsp3) is 0.429. The van der Waals surface area contributed by atoms with Gasteiger partial charge in [0.1, 0.15) is 0 Å². The van der Waals surface area contributed by atoms with Gasteiger partial charge in [-0.25, -0.2) is 4.90 Å². The molecule has 1 N–H and O–H groups in total. The number of nitrogens with zero attached hydrogens (tertiary/aromatic N) is 1. The van der Waals surface area contributed by atoms with E-state index in [0.29, 0.717) is 11.4 Å². The third-order valence-corrected chi connectivity index (χ3v) is 4.45. The molecule has 2 rings (SSSR count). The predicted octanol–water partition coefficient (Wildman–Crippen LogP) is 1.66. The number of benzene rings is 1. The molecule has 102 valence electrons. The zero-order valence-corrected chi connectivity index (χ0v) is 11.9. The predicted molar refractivity (Wildman–Crippen MR) is 76.4 cm³/mol. The number of aliphatic hydroxyl groups is 1. The fourth-order valence-electron chi connectivity index (χ4n) is 2.07. The van der Waals surface area contributed by atoms with Crippen molar-refractivity contribution >= 4 is 29.3 Å². The Morgan fingerprint density at radius 1 is 1.32 bits per heavy atom. The first-order chi connectivity index (χ1) is 9.04. The van der Waals surface area contributed by atoms with Crippen molar-refractivity contribution in [1.82, 2.24) is 0 Å². The van der Waals surface area contributed by atoms with E-state index in [2.05, 4.69) is 0 Å². The quantitative estimate of drug-likeness (QED) is 0.852. The van der Waals surface area contributed by atoms with Crippen LogP contribution >= 0.6 is 11.8 Å². The number of hydrogen-bond donors (Lipinski definition) is 1. The van der Waals surface area contributed by atoms with Gasteiger partial charge in [-0.3, -0.25) is 9.59 Å². The van der Waals surface area contributed by atoms with Crippen molar-refractivity contribution in [1.29, 1.82) is 0 Å². The first kappa shape index (κ1) is 14.1. The van der Waals surface area contributed by atoms with Gasteiger partial charge in [-0.1, -0.05) is 6.07 Å². The standard InChI is InChI=1S/C14H17NO3S/c1-9-3-4-11(7-10(9)2)15-13(17)8-12(14(15)18)19-6-5-16/h3-4,7,12,16H,5-6,8H2,1-2H3/t12-/m0/s1. The van der Waals surface area contributed by atoms with Crippen LogP contribution in [-0.2, 0) is 9.59 Å². The van der Waals surface area contributed by atoms with Crippen molar-refractivity contribution in [2.24, 2.45) is 0 Å². The molecule has 0 bridgehead atoms. The molecular weight excluding hydrogens is 262 g/mol. The molecule has 5 heteroatoms. The monoisotopic (exact) mass is 279 g/mol. The highest BCUT2D eigenvalue weighted by atomic mass is 32.2. The van der Waals surface area contributed by atoms with Crippen LogP contribution in [0.2, 0.25) is 0 Å². The highest BCUT2D eigenvalue weighted by molar-refractivity contribution is 8.00. The summed E-state index contributed by atoms with van der Waals surface area (Å²) in [5.74, 6) is 0.139. The number of rotatable bonds is 4. The minimum atomic E-state index is -0.360. The third-order valence-electron chi connectivity index (χ3n) is 3.26. The first-order valence-electron chi connectivity index (χ1n) is 6.21. The molecule has 0 aliphatic carbocycles. The molecule has 0 saturated carbocycles. The zero-order valence-electron chi connectivity index (χ0n) is 11.0. The van der Waals surface area contributed by atoms with Crippen LogP contribution in [0, 0.1) is 13.8 Å². The van der Waals surface area contributed by atoms with Gasteiger partial charge in [0.05, 0.1) is 17.5 Å². The number of anilines is 1. The number of aryl methyl sites for hydroxylation is 2. The van der Waals surface area contributed by atoms with E-state index in [4.69, 9.17) is 5.11 Å². The SMILES string of the molecule is Cc1ccc(N2C(=O)C[C@H](SCCO)C2=O)cc1C. The van der Waals surface area contributed by atoms with Crippen LogP contribution in [0.3, 0.4) is 0 Å². The number of carbonyl (C=O) groups excluding carboxylic acids is 2. The summed E-state index contributed by atoms with van der Waals surface area (Å²) in [5.41, 5.74) is 2.84. The van der Waals surface area contributed by atoms with E-state index in [1.165, 1.54) is 16.7 Å². The van der Waals surface area contributed by atoms with E-state index in [0.717, 1.165) is 11.1 Å². The average molecular weight is 279 g/mol. The van der Waals surface area contributed by atoms with E-state index in [-0.39, 0.29) is 30.1 Å². The Balaban J connectivity index is 2.22. The van der Waals surface area contributed by atoms with Crippen molar-refractivity contribution in [2.75, 3.05) is 17.3 Å². The topological polar surface area (TPSA) is 57.6 Å². The van der Waals surface area contributed by atoms with E-state index < -0.39 is 0 Å². The summed E-state index contributed by atoms with van der Waals surface area (Å²) in [6.07, 6.45) is 0.219. The van der Waals surface area contributed by atoms with Gasteiger partial charge in [-0.15, -0.1) is 11.8 Å². The Morgan fingerprint density at radius 3 is 2.68 bits per heavy atom. The molecule has 1 aliphatic heterocycles. The largest absolute Gasteiger partial charge is 0.396 e. The maximum Gasteiger partial charge on any atom is 0.247 e. The Hall–Kier alpha value is -1.33. The Bertz CT molecular complexity index is 515. The Morgan fingerprint density at radius 2 is 2.05 bits per heavy atom. The minimum absolute atomic E-state index is 0.0201. The summed E-state index contributed by atoms with van der Waals surface area (Å²) in [6, 6.07) is 5.58. The number of imide groups is 1. The van der Waals surface area contributed by atoms with E-state index >= 15 is 0 Å². The summed E-state index contributed by atoms with van der Waals surface area (Å²) in [6.45, 7) is 3.97. The number of amides is 2. The van der Waals surface area contributed by atoms with Crippen LogP contribution in [0.1, 0.15) is 17.5 Å². The lowest BCUT2D eigenvalue weighted by Crippen LogP contribution is -2.31. The average Bonchev–Trinajstić information content (AvgIpc) is 2.65. The molecule has 0 spiro atoms. The fourth-order valence-corrected chi connectivity index (χ4v) is 2.96. The molecule has 2 amide bonds. The first-order valence-corrected chi connectivity index (χ1v) is 7.26. The van der Waals surface area contributed by atoms with Gasteiger partial charge in [0.15, 0.2) is 0 Å². The highest BCUT2D eigenvalue weighted by Gasteiger charge is 2.39. The van der Waals surface area contributed by atoms with Crippen molar-refractivity contribution in [3.05, 3.63) is 29.3 Å². The second kappa shape index (κ2) is 5.75. The molecule has 1 aromatic carbocycles. The molecule has 0 unspecified atom stereocenters. The van der Waals surface area contributed by atoms with E-state index in [1.54, 1.807) is 6.07 Å². The van der Waals surface area contributed by atoms with Crippen LogP contribution in [-0.4, -0.2) is 34.5 Å². The zero-order chi connectivity index (χ0) is 14.0. The maximum atomic E-state index is 12.2. The van der Waals surface area contributed by atoms with Crippen molar-refractivity contribution in [2.45, 2.75) is 25.5 Å². The molecule has 1 saturated heterocycles. The summed E-state index contributed by atoms with van der Waals surface area (Å²) >= 11 is 1.34. The lowest BCUT2D eigenvalue weighted by atomic mass is 10.1. The number of aliphatic hydroxyl groups excluding tert-OH is 1. The van der Waals surface area contributed by atoms with Crippen LogP contribution in [0.5, 0.6) is 0 Å². The van der Waals surface area contributed by atoms with Crippen LogP contribution < -0.4 is 4.90 Å². The molecule has 4 nitrogen and oxygen atoms in total. The smallest absolute Gasteiger partial charge is 0.247 e. The maximum absolute atomic E-state index is 12.2. The highest BCUT2D eigenvalue weighted by Crippen LogP contribution is 2.30. The second-order valence-corrected chi connectivity index (χ2v) is 5.93. The minimum Gasteiger partial charge on any atom is -0.396 e. The lowest BCUT2D eigenvalue weighted by molar-refractivity contribution is -0.121. The van der Waals surface area contributed by atoms with Gasteiger partial charge < -0.3 is 5.11 Å². The summed E-state index contributed by atoms with van der Waals surface area (Å²) in [7, 11) is 0. The van der Waals surface area contributed by atoms with Gasteiger partial charge in [0.2, 0.25) is 11.8 Å². The normalized spacial score (nSPS) is 19.3. The molecule has 1 aliphatic rings. The summed E-state index contributed by atoms with van der Waals surface area (Å²) < 4.78 is 0. The molecule has 0 radical (unpaired) electrons. The molecule has 1 aromatic rings. The van der Waals surface area contributed by atoms with Crippen molar-refractivity contribution < 1.29 is 14.7 Å². The molecule has 1 atom stereocenters. The summed E-state index contributed by atoms with van der Waals surface area (Å²) in [5, 5.41) is 8.44.